The first-order chi connectivity index (χ1) is 11.3. The van der Waals surface area contributed by atoms with Crippen LogP contribution in [0.15, 0.2) is 59.5 Å². The van der Waals surface area contributed by atoms with Gasteiger partial charge in [-0.3, -0.25) is 0 Å². The van der Waals surface area contributed by atoms with E-state index in [0.717, 1.165) is 41.8 Å². The fraction of sp³-hybridized carbons (Fsp3) is 0.278. The molecule has 0 aliphatic carbocycles. The summed E-state index contributed by atoms with van der Waals surface area (Å²) in [7, 11) is 0. The molecule has 0 heterocycles. The number of aryl methyl sites for hydroxylation is 1. The SMILES string of the molecule is O=C(NCCCc1ccccc1)NCCc1ccc(SO)cc1. The molecule has 2 aromatic rings. The monoisotopic (exact) mass is 330 g/mol. The molecule has 2 amide bonds. The maximum absolute atomic E-state index is 11.7. The predicted octanol–water partition coefficient (Wildman–Crippen LogP) is 3.73. The summed E-state index contributed by atoms with van der Waals surface area (Å²) >= 11 is 0.736. The molecule has 2 rings (SSSR count). The van der Waals surface area contributed by atoms with Crippen molar-refractivity contribution < 1.29 is 9.35 Å². The van der Waals surface area contributed by atoms with Crippen molar-refractivity contribution in [2.75, 3.05) is 13.1 Å². The van der Waals surface area contributed by atoms with Gasteiger partial charge in [0.05, 0.1) is 0 Å². The quantitative estimate of drug-likeness (QED) is 0.510. The van der Waals surface area contributed by atoms with E-state index < -0.39 is 0 Å². The first kappa shape index (κ1) is 17.4. The van der Waals surface area contributed by atoms with Crippen LogP contribution in [0, 0.1) is 0 Å². The zero-order chi connectivity index (χ0) is 16.3. The average molecular weight is 330 g/mol. The molecule has 0 fully saturated rings. The summed E-state index contributed by atoms with van der Waals surface area (Å²) in [5, 5.41) is 5.72. The lowest BCUT2D eigenvalue weighted by Crippen LogP contribution is -2.37. The van der Waals surface area contributed by atoms with Crippen LogP contribution in [0.2, 0.25) is 0 Å². The van der Waals surface area contributed by atoms with Crippen LogP contribution in [0.5, 0.6) is 0 Å². The number of amides is 2. The zero-order valence-corrected chi connectivity index (χ0v) is 13.8. The smallest absolute Gasteiger partial charge is 0.314 e. The topological polar surface area (TPSA) is 61.4 Å². The first-order valence-electron chi connectivity index (χ1n) is 7.74. The highest BCUT2D eigenvalue weighted by molar-refractivity contribution is 7.93. The van der Waals surface area contributed by atoms with Gasteiger partial charge >= 0.3 is 6.03 Å². The Kier molecular flexibility index (Phi) is 7.49. The Bertz CT molecular complexity index is 588. The maximum Gasteiger partial charge on any atom is 0.314 e. The second-order valence-corrected chi connectivity index (χ2v) is 5.91. The fourth-order valence-corrected chi connectivity index (χ4v) is 2.50. The second-order valence-electron chi connectivity index (χ2n) is 5.26. The Morgan fingerprint density at radius 1 is 0.870 bits per heavy atom. The summed E-state index contributed by atoms with van der Waals surface area (Å²) in [5.41, 5.74) is 2.42. The molecule has 0 bridgehead atoms. The van der Waals surface area contributed by atoms with E-state index in [-0.39, 0.29) is 6.03 Å². The Hall–Kier alpha value is -1.98. The molecule has 3 N–H and O–H groups in total. The molecule has 0 aliphatic heterocycles. The summed E-state index contributed by atoms with van der Waals surface area (Å²) in [4.78, 5) is 12.5. The fourth-order valence-electron chi connectivity index (χ4n) is 2.24. The third-order valence-corrected chi connectivity index (χ3v) is 3.98. The van der Waals surface area contributed by atoms with Crippen LogP contribution in [0.3, 0.4) is 0 Å². The predicted molar refractivity (Wildman–Crippen MR) is 94.8 cm³/mol. The molecular formula is C18H22N2O2S. The Morgan fingerprint density at radius 2 is 1.52 bits per heavy atom. The minimum absolute atomic E-state index is 0.124. The van der Waals surface area contributed by atoms with E-state index >= 15 is 0 Å². The molecule has 23 heavy (non-hydrogen) atoms. The van der Waals surface area contributed by atoms with Crippen LogP contribution in [0.1, 0.15) is 17.5 Å². The van der Waals surface area contributed by atoms with E-state index in [9.17, 15) is 4.79 Å². The number of nitrogens with one attached hydrogen (secondary N) is 2. The molecule has 4 nitrogen and oxygen atoms in total. The Morgan fingerprint density at radius 3 is 2.22 bits per heavy atom. The van der Waals surface area contributed by atoms with Crippen molar-refractivity contribution in [2.24, 2.45) is 0 Å². The van der Waals surface area contributed by atoms with E-state index in [1.54, 1.807) is 0 Å². The Labute approximate surface area is 141 Å². The lowest BCUT2D eigenvalue weighted by atomic mass is 10.1. The van der Waals surface area contributed by atoms with E-state index in [4.69, 9.17) is 4.55 Å². The number of carbonyl (C=O) groups excluding carboxylic acids is 1. The van der Waals surface area contributed by atoms with Crippen molar-refractivity contribution in [1.82, 2.24) is 10.6 Å². The summed E-state index contributed by atoms with van der Waals surface area (Å²) in [6, 6.07) is 17.8. The van der Waals surface area contributed by atoms with Gasteiger partial charge in [0.2, 0.25) is 0 Å². The van der Waals surface area contributed by atoms with Crippen LogP contribution in [-0.4, -0.2) is 23.7 Å². The number of urea groups is 1. The van der Waals surface area contributed by atoms with Gasteiger partial charge in [0.15, 0.2) is 0 Å². The Balaban J connectivity index is 1.56. The molecule has 0 saturated heterocycles. The van der Waals surface area contributed by atoms with E-state index in [0.29, 0.717) is 13.1 Å². The van der Waals surface area contributed by atoms with Crippen LogP contribution < -0.4 is 10.6 Å². The molecule has 2 aromatic carbocycles. The largest absolute Gasteiger partial charge is 0.338 e. The normalized spacial score (nSPS) is 10.3. The summed E-state index contributed by atoms with van der Waals surface area (Å²) in [6.45, 7) is 1.26. The maximum atomic E-state index is 11.7. The van der Waals surface area contributed by atoms with Crippen LogP contribution in [-0.2, 0) is 12.8 Å². The van der Waals surface area contributed by atoms with E-state index in [1.165, 1.54) is 5.56 Å². The molecule has 0 spiro atoms. The number of rotatable bonds is 8. The lowest BCUT2D eigenvalue weighted by molar-refractivity contribution is 0.241. The number of hydrogen-bond acceptors (Lipinski definition) is 3. The first-order valence-corrected chi connectivity index (χ1v) is 8.51. The van der Waals surface area contributed by atoms with Gasteiger partial charge in [-0.2, -0.15) is 0 Å². The number of hydrogen-bond donors (Lipinski definition) is 3. The van der Waals surface area contributed by atoms with E-state index in [2.05, 4.69) is 22.8 Å². The van der Waals surface area contributed by atoms with E-state index in [1.807, 2.05) is 42.5 Å². The van der Waals surface area contributed by atoms with Gasteiger partial charge in [0.1, 0.15) is 0 Å². The van der Waals surface area contributed by atoms with Gasteiger partial charge in [-0.15, -0.1) is 0 Å². The summed E-state index contributed by atoms with van der Waals surface area (Å²) < 4.78 is 8.90. The van der Waals surface area contributed by atoms with Gasteiger partial charge < -0.3 is 15.2 Å². The van der Waals surface area contributed by atoms with Gasteiger partial charge in [-0.05, 0) is 42.5 Å². The molecule has 5 heteroatoms. The molecule has 0 radical (unpaired) electrons. The minimum Gasteiger partial charge on any atom is -0.338 e. The average Bonchev–Trinajstić information content (AvgIpc) is 2.60. The molecular weight excluding hydrogens is 308 g/mol. The molecule has 0 unspecified atom stereocenters. The molecule has 0 atom stereocenters. The van der Waals surface area contributed by atoms with Crippen LogP contribution in [0.25, 0.3) is 0 Å². The highest BCUT2D eigenvalue weighted by Crippen LogP contribution is 2.14. The van der Waals surface area contributed by atoms with Crippen LogP contribution in [0.4, 0.5) is 4.79 Å². The zero-order valence-electron chi connectivity index (χ0n) is 13.0. The van der Waals surface area contributed by atoms with Crippen molar-refractivity contribution >= 4 is 18.1 Å². The second kappa shape index (κ2) is 9.92. The highest BCUT2D eigenvalue weighted by atomic mass is 32.2. The molecule has 0 aliphatic rings. The lowest BCUT2D eigenvalue weighted by Gasteiger charge is -2.08. The highest BCUT2D eigenvalue weighted by Gasteiger charge is 2.00. The van der Waals surface area contributed by atoms with Crippen molar-refractivity contribution in [2.45, 2.75) is 24.2 Å². The third kappa shape index (κ3) is 6.76. The van der Waals surface area contributed by atoms with Crippen molar-refractivity contribution in [3.8, 4) is 0 Å². The van der Waals surface area contributed by atoms with Crippen molar-refractivity contribution in [3.63, 3.8) is 0 Å². The number of benzene rings is 2. The number of carbonyl (C=O) groups is 1. The summed E-state index contributed by atoms with van der Waals surface area (Å²) in [5.74, 6) is 0. The van der Waals surface area contributed by atoms with Crippen LogP contribution >= 0.6 is 12.0 Å². The van der Waals surface area contributed by atoms with Crippen molar-refractivity contribution in [1.29, 1.82) is 0 Å². The molecule has 122 valence electrons. The summed E-state index contributed by atoms with van der Waals surface area (Å²) in [6.07, 6.45) is 2.67. The molecule has 0 aromatic heterocycles. The standard InChI is InChI=1S/C18H22N2O2S/c21-18(19-13-4-7-15-5-2-1-3-6-15)20-14-12-16-8-10-17(23-22)11-9-16/h1-3,5-6,8-11,22H,4,7,12-14H2,(H2,19,20,21). The van der Waals surface area contributed by atoms with Gasteiger partial charge in [-0.1, -0.05) is 42.5 Å². The van der Waals surface area contributed by atoms with Gasteiger partial charge in [0.25, 0.3) is 0 Å². The minimum atomic E-state index is -0.124. The van der Waals surface area contributed by atoms with Gasteiger partial charge in [0, 0.05) is 30.0 Å². The third-order valence-electron chi connectivity index (χ3n) is 3.50. The van der Waals surface area contributed by atoms with Gasteiger partial charge in [-0.25, -0.2) is 4.79 Å². The van der Waals surface area contributed by atoms with Crippen molar-refractivity contribution in [3.05, 3.63) is 65.7 Å². The molecule has 0 saturated carbocycles.